The van der Waals surface area contributed by atoms with Crippen LogP contribution in [0.3, 0.4) is 0 Å². The number of rotatable bonds is 7. The van der Waals surface area contributed by atoms with Crippen LogP contribution in [0.5, 0.6) is 0 Å². The molecule has 34 heavy (non-hydrogen) atoms. The second-order valence-electron chi connectivity index (χ2n) is 6.97. The van der Waals surface area contributed by atoms with E-state index in [9.17, 15) is 22.4 Å². The molecular weight excluding hydrogens is 452 g/mol. The molecular formula is C23H20F4N6O. The number of carbonyl (C=O) groups is 1. The fourth-order valence-electron chi connectivity index (χ4n) is 2.89. The molecule has 1 aromatic carbocycles. The molecule has 0 aliphatic rings. The van der Waals surface area contributed by atoms with Crippen molar-refractivity contribution in [3.8, 4) is 11.1 Å². The minimum Gasteiger partial charge on any atom is -0.324 e. The standard InChI is InChI=1S/C23H20F4N6O/c1-3-20(29-4-2)33-22-30-10-16(11-31-22)14-5-6-15(19(24)7-14)8-21(34)32-18-9-17(12-28-13-18)23(25,26)27/h3-7,9-13H,8H2,1-2H3,(H,32,34)(H,30,31,33)/b20-3+,29-4-. The fraction of sp³-hybridized carbons (Fsp3) is 0.174. The molecule has 0 bridgehead atoms. The average molecular weight is 472 g/mol. The molecule has 0 fully saturated rings. The van der Waals surface area contributed by atoms with Crippen molar-refractivity contribution in [2.75, 3.05) is 10.6 Å². The Hall–Kier alpha value is -4.15. The van der Waals surface area contributed by atoms with Crippen molar-refractivity contribution in [3.63, 3.8) is 0 Å². The lowest BCUT2D eigenvalue weighted by atomic mass is 10.0. The molecule has 3 rings (SSSR count). The summed E-state index contributed by atoms with van der Waals surface area (Å²) in [4.78, 5) is 28.2. The van der Waals surface area contributed by atoms with Crippen molar-refractivity contribution in [2.24, 2.45) is 4.99 Å². The summed E-state index contributed by atoms with van der Waals surface area (Å²) >= 11 is 0. The number of amides is 1. The molecule has 2 heterocycles. The lowest BCUT2D eigenvalue weighted by Crippen LogP contribution is -2.16. The molecule has 0 atom stereocenters. The van der Waals surface area contributed by atoms with Gasteiger partial charge in [0.15, 0.2) is 0 Å². The Labute approximate surface area is 192 Å². The molecule has 1 amide bonds. The smallest absolute Gasteiger partial charge is 0.324 e. The Morgan fingerprint density at radius 1 is 1.03 bits per heavy atom. The van der Waals surface area contributed by atoms with Crippen molar-refractivity contribution in [1.82, 2.24) is 15.0 Å². The van der Waals surface area contributed by atoms with Crippen LogP contribution in [0.15, 0.2) is 65.9 Å². The van der Waals surface area contributed by atoms with Crippen LogP contribution in [0.25, 0.3) is 11.1 Å². The molecule has 0 aliphatic heterocycles. The Kier molecular flexibility index (Phi) is 7.67. The summed E-state index contributed by atoms with van der Waals surface area (Å²) in [5.74, 6) is -0.434. The lowest BCUT2D eigenvalue weighted by molar-refractivity contribution is -0.137. The Morgan fingerprint density at radius 3 is 2.38 bits per heavy atom. The number of allylic oxidation sites excluding steroid dienone is 1. The number of nitrogens with one attached hydrogen (secondary N) is 2. The first kappa shape index (κ1) is 24.5. The lowest BCUT2D eigenvalue weighted by Gasteiger charge is -2.10. The minimum absolute atomic E-state index is 0.0792. The van der Waals surface area contributed by atoms with Crippen molar-refractivity contribution in [2.45, 2.75) is 26.4 Å². The topological polar surface area (TPSA) is 92.2 Å². The summed E-state index contributed by atoms with van der Waals surface area (Å²) in [5, 5.41) is 5.24. The van der Waals surface area contributed by atoms with Crippen molar-refractivity contribution in [3.05, 3.63) is 77.9 Å². The molecule has 176 valence electrons. The zero-order valence-electron chi connectivity index (χ0n) is 18.2. The Morgan fingerprint density at radius 2 is 1.76 bits per heavy atom. The van der Waals surface area contributed by atoms with E-state index in [1.807, 2.05) is 6.92 Å². The Balaban J connectivity index is 1.68. The van der Waals surface area contributed by atoms with Crippen LogP contribution in [0, 0.1) is 5.82 Å². The van der Waals surface area contributed by atoms with Gasteiger partial charge in [-0.15, -0.1) is 0 Å². The zero-order valence-corrected chi connectivity index (χ0v) is 18.2. The average Bonchev–Trinajstić information content (AvgIpc) is 2.80. The van der Waals surface area contributed by atoms with Gasteiger partial charge in [-0.25, -0.2) is 19.4 Å². The summed E-state index contributed by atoms with van der Waals surface area (Å²) in [5.41, 5.74) is -0.00196. The number of alkyl halides is 3. The maximum atomic E-state index is 14.6. The third kappa shape index (κ3) is 6.44. The minimum atomic E-state index is -4.59. The van der Waals surface area contributed by atoms with Gasteiger partial charge in [-0.1, -0.05) is 12.1 Å². The number of halogens is 4. The van der Waals surface area contributed by atoms with Crippen molar-refractivity contribution < 1.29 is 22.4 Å². The molecule has 0 unspecified atom stereocenters. The van der Waals surface area contributed by atoms with Crippen molar-refractivity contribution >= 4 is 23.8 Å². The zero-order chi connectivity index (χ0) is 24.7. The third-order valence-electron chi connectivity index (χ3n) is 4.52. The molecule has 0 spiro atoms. The highest BCUT2D eigenvalue weighted by Crippen LogP contribution is 2.30. The summed E-state index contributed by atoms with van der Waals surface area (Å²) < 4.78 is 53.0. The van der Waals surface area contributed by atoms with E-state index in [1.54, 1.807) is 25.3 Å². The van der Waals surface area contributed by atoms with Crippen LogP contribution >= 0.6 is 0 Å². The van der Waals surface area contributed by atoms with E-state index in [2.05, 4.69) is 30.6 Å². The number of aromatic nitrogens is 3. The maximum absolute atomic E-state index is 14.6. The summed E-state index contributed by atoms with van der Waals surface area (Å²) in [6, 6.07) is 5.02. The maximum Gasteiger partial charge on any atom is 0.417 e. The molecule has 0 radical (unpaired) electrons. The number of benzene rings is 1. The quantitative estimate of drug-likeness (QED) is 0.362. The first-order chi connectivity index (χ1) is 16.2. The fourth-order valence-corrected chi connectivity index (χ4v) is 2.89. The van der Waals surface area contributed by atoms with Gasteiger partial charge in [0.1, 0.15) is 11.6 Å². The van der Waals surface area contributed by atoms with E-state index in [0.29, 0.717) is 29.1 Å². The van der Waals surface area contributed by atoms with E-state index in [4.69, 9.17) is 0 Å². The van der Waals surface area contributed by atoms with Crippen LogP contribution in [0.4, 0.5) is 29.2 Å². The monoisotopic (exact) mass is 472 g/mol. The van der Waals surface area contributed by atoms with Crippen molar-refractivity contribution in [1.29, 1.82) is 0 Å². The number of carbonyl (C=O) groups excluding carboxylic acids is 1. The number of hydrogen-bond donors (Lipinski definition) is 2. The van der Waals surface area contributed by atoms with Crippen LogP contribution in [-0.4, -0.2) is 27.1 Å². The molecule has 2 N–H and O–H groups in total. The molecule has 7 nitrogen and oxygen atoms in total. The predicted molar refractivity (Wildman–Crippen MR) is 121 cm³/mol. The molecule has 0 saturated heterocycles. The molecule has 0 aliphatic carbocycles. The second-order valence-corrected chi connectivity index (χ2v) is 6.97. The van der Waals surface area contributed by atoms with Gasteiger partial charge >= 0.3 is 6.18 Å². The normalized spacial score (nSPS) is 12.1. The summed E-state index contributed by atoms with van der Waals surface area (Å²) in [6.45, 7) is 3.59. The van der Waals surface area contributed by atoms with Gasteiger partial charge in [0.25, 0.3) is 0 Å². The number of hydrogen-bond acceptors (Lipinski definition) is 6. The highest BCUT2D eigenvalue weighted by atomic mass is 19.4. The van der Waals surface area contributed by atoms with E-state index >= 15 is 0 Å². The molecule has 3 aromatic rings. The highest BCUT2D eigenvalue weighted by molar-refractivity contribution is 5.92. The van der Waals surface area contributed by atoms with Crippen LogP contribution in [0.2, 0.25) is 0 Å². The highest BCUT2D eigenvalue weighted by Gasteiger charge is 2.31. The van der Waals surface area contributed by atoms with E-state index in [-0.39, 0.29) is 17.7 Å². The van der Waals surface area contributed by atoms with E-state index < -0.39 is 23.5 Å². The molecule has 0 saturated carbocycles. The number of nitrogens with zero attached hydrogens (tertiary/aromatic N) is 4. The second kappa shape index (κ2) is 10.6. The number of anilines is 2. The van der Waals surface area contributed by atoms with E-state index in [0.717, 1.165) is 12.3 Å². The predicted octanol–water partition coefficient (Wildman–Crippen LogP) is 5.24. The van der Waals surface area contributed by atoms with Gasteiger partial charge in [0.05, 0.1) is 23.9 Å². The van der Waals surface area contributed by atoms with Gasteiger partial charge in [-0.2, -0.15) is 13.2 Å². The van der Waals surface area contributed by atoms with Crippen LogP contribution < -0.4 is 10.6 Å². The third-order valence-corrected chi connectivity index (χ3v) is 4.52. The summed E-state index contributed by atoms with van der Waals surface area (Å²) in [7, 11) is 0. The molecule has 11 heteroatoms. The van der Waals surface area contributed by atoms with Crippen LogP contribution in [-0.2, 0) is 17.4 Å². The SMILES string of the molecule is C/C=N\C(=C/C)Nc1ncc(-c2ccc(CC(=O)Nc3cncc(C(F)(F)F)c3)c(F)c2)cn1. The first-order valence-electron chi connectivity index (χ1n) is 10.0. The largest absolute Gasteiger partial charge is 0.417 e. The van der Waals surface area contributed by atoms with Gasteiger partial charge in [0.2, 0.25) is 11.9 Å². The van der Waals surface area contributed by atoms with Crippen LogP contribution in [0.1, 0.15) is 25.0 Å². The van der Waals surface area contributed by atoms with Gasteiger partial charge in [0, 0.05) is 30.4 Å². The first-order valence-corrected chi connectivity index (χ1v) is 10.0. The van der Waals surface area contributed by atoms with Gasteiger partial charge < -0.3 is 10.6 Å². The molecule has 2 aromatic heterocycles. The Bertz CT molecular complexity index is 1220. The van der Waals surface area contributed by atoms with Gasteiger partial charge in [-0.3, -0.25) is 9.78 Å². The number of pyridine rings is 1. The summed E-state index contributed by atoms with van der Waals surface area (Å²) in [6.07, 6.45) is 3.18. The number of aliphatic imine (C=N–C) groups is 1. The van der Waals surface area contributed by atoms with Gasteiger partial charge in [-0.05, 0) is 43.2 Å². The van der Waals surface area contributed by atoms with E-state index in [1.165, 1.54) is 24.5 Å².